The molecular formula is C20H23N3O4. The first-order chi connectivity index (χ1) is 13.0. The highest BCUT2D eigenvalue weighted by molar-refractivity contribution is 6.19. The number of carbonyl (C=O) groups excluding carboxylic acids is 2. The lowest BCUT2D eigenvalue weighted by Crippen LogP contribution is -2.61. The molecule has 0 saturated heterocycles. The van der Waals surface area contributed by atoms with Crippen LogP contribution in [0.15, 0.2) is 42.6 Å². The Bertz CT molecular complexity index is 855. The molecule has 2 heterocycles. The number of rotatable bonds is 6. The molecule has 1 aliphatic heterocycles. The molecule has 1 aromatic heterocycles. The van der Waals surface area contributed by atoms with Crippen LogP contribution in [0.3, 0.4) is 0 Å². The number of nitrogens with one attached hydrogen (secondary N) is 1. The summed E-state index contributed by atoms with van der Waals surface area (Å²) in [4.78, 5) is 31.9. The van der Waals surface area contributed by atoms with Crippen LogP contribution in [0.4, 0.5) is 11.5 Å². The molecule has 27 heavy (non-hydrogen) atoms. The molecule has 2 aromatic rings. The van der Waals surface area contributed by atoms with Crippen LogP contribution < -0.4 is 19.7 Å². The zero-order chi connectivity index (χ0) is 19.4. The smallest absolute Gasteiger partial charge is 0.282 e. The molecule has 2 amide bonds. The largest absolute Gasteiger partial charge is 0.497 e. The van der Waals surface area contributed by atoms with Gasteiger partial charge in [0.25, 0.3) is 17.4 Å². The number of amides is 2. The maximum absolute atomic E-state index is 13.1. The first-order valence-corrected chi connectivity index (χ1v) is 8.91. The Kier molecular flexibility index (Phi) is 5.30. The molecule has 7 nitrogen and oxygen atoms in total. The Balaban J connectivity index is 1.91. The summed E-state index contributed by atoms with van der Waals surface area (Å²) in [6.07, 6.45) is 3.32. The SMILES string of the molecule is CCCCN1C(=O)[C@@](C)(C(=O)Nc2cccc(OC)c2)Oc2cccnc21. The van der Waals surface area contributed by atoms with Crippen molar-refractivity contribution in [2.75, 3.05) is 23.9 Å². The molecule has 1 atom stereocenters. The third-order valence-corrected chi connectivity index (χ3v) is 4.47. The number of anilines is 2. The van der Waals surface area contributed by atoms with E-state index < -0.39 is 17.4 Å². The van der Waals surface area contributed by atoms with Crippen molar-refractivity contribution in [3.05, 3.63) is 42.6 Å². The highest BCUT2D eigenvalue weighted by Gasteiger charge is 2.51. The fourth-order valence-electron chi connectivity index (χ4n) is 2.90. The molecular weight excluding hydrogens is 346 g/mol. The summed E-state index contributed by atoms with van der Waals surface area (Å²) >= 11 is 0. The minimum Gasteiger partial charge on any atom is -0.497 e. The molecule has 1 aromatic carbocycles. The minimum absolute atomic E-state index is 0.413. The molecule has 1 N–H and O–H groups in total. The van der Waals surface area contributed by atoms with Crippen LogP contribution in [0.25, 0.3) is 0 Å². The summed E-state index contributed by atoms with van der Waals surface area (Å²) in [5.74, 6) is 0.492. The molecule has 7 heteroatoms. The first kappa shape index (κ1) is 18.7. The van der Waals surface area contributed by atoms with Crippen molar-refractivity contribution in [1.29, 1.82) is 0 Å². The van der Waals surface area contributed by atoms with Crippen molar-refractivity contribution in [3.8, 4) is 11.5 Å². The van der Waals surface area contributed by atoms with Crippen molar-refractivity contribution < 1.29 is 19.1 Å². The van der Waals surface area contributed by atoms with Gasteiger partial charge in [-0.1, -0.05) is 19.4 Å². The Morgan fingerprint density at radius 3 is 2.89 bits per heavy atom. The summed E-state index contributed by atoms with van der Waals surface area (Å²) in [6, 6.07) is 10.4. The van der Waals surface area contributed by atoms with Gasteiger partial charge in [0.15, 0.2) is 11.6 Å². The second-order valence-corrected chi connectivity index (χ2v) is 6.46. The van der Waals surface area contributed by atoms with Crippen molar-refractivity contribution in [2.45, 2.75) is 32.3 Å². The van der Waals surface area contributed by atoms with Crippen molar-refractivity contribution >= 4 is 23.3 Å². The van der Waals surface area contributed by atoms with Gasteiger partial charge in [-0.25, -0.2) is 4.98 Å². The van der Waals surface area contributed by atoms with Crippen molar-refractivity contribution in [3.63, 3.8) is 0 Å². The lowest BCUT2D eigenvalue weighted by Gasteiger charge is -2.38. The molecule has 142 valence electrons. The topological polar surface area (TPSA) is 80.8 Å². The van der Waals surface area contributed by atoms with Gasteiger partial charge in [0.05, 0.1) is 7.11 Å². The van der Waals surface area contributed by atoms with Crippen LogP contribution in [0.2, 0.25) is 0 Å². The summed E-state index contributed by atoms with van der Waals surface area (Å²) in [7, 11) is 1.55. The van der Waals surface area contributed by atoms with Gasteiger partial charge in [-0.05, 0) is 37.6 Å². The molecule has 3 rings (SSSR count). The third-order valence-electron chi connectivity index (χ3n) is 4.47. The number of aromatic nitrogens is 1. The van der Waals surface area contributed by atoms with Crippen LogP contribution in [-0.4, -0.2) is 36.1 Å². The van der Waals surface area contributed by atoms with Crippen molar-refractivity contribution in [1.82, 2.24) is 4.98 Å². The molecule has 1 aliphatic rings. The number of nitrogens with zero attached hydrogens (tertiary/aromatic N) is 2. The number of unbranched alkanes of at least 4 members (excludes halogenated alkanes) is 1. The quantitative estimate of drug-likeness (QED) is 0.792. The summed E-state index contributed by atoms with van der Waals surface area (Å²) < 4.78 is 11.0. The Morgan fingerprint density at radius 1 is 1.33 bits per heavy atom. The molecule has 0 spiro atoms. The van der Waals surface area contributed by atoms with Crippen molar-refractivity contribution in [2.24, 2.45) is 0 Å². The molecule has 0 unspecified atom stereocenters. The molecule has 0 fully saturated rings. The van der Waals surface area contributed by atoms with Crippen LogP contribution in [0.1, 0.15) is 26.7 Å². The fourth-order valence-corrected chi connectivity index (χ4v) is 2.90. The molecule has 0 radical (unpaired) electrons. The summed E-state index contributed by atoms with van der Waals surface area (Å²) in [6.45, 7) is 4.00. The normalized spacial score (nSPS) is 18.5. The number of fused-ring (bicyclic) bond motifs is 1. The van der Waals surface area contributed by atoms with E-state index in [1.54, 1.807) is 49.7 Å². The van der Waals surface area contributed by atoms with E-state index in [1.807, 2.05) is 6.92 Å². The molecule has 0 aliphatic carbocycles. The number of pyridine rings is 1. The van der Waals surface area contributed by atoms with E-state index in [1.165, 1.54) is 11.8 Å². The Morgan fingerprint density at radius 2 is 2.15 bits per heavy atom. The van der Waals surface area contributed by atoms with Gasteiger partial charge in [0, 0.05) is 24.5 Å². The standard InChI is InChI=1S/C20H23N3O4/c1-4-5-12-23-17-16(10-7-11-21-17)27-20(2,19(23)25)18(24)22-14-8-6-9-15(13-14)26-3/h6-11,13H,4-5,12H2,1-3H3,(H,22,24)/t20-/m1/s1. The highest BCUT2D eigenvalue weighted by Crippen LogP contribution is 2.36. The third kappa shape index (κ3) is 3.58. The monoisotopic (exact) mass is 369 g/mol. The predicted octanol–water partition coefficient (Wildman–Crippen LogP) is 3.01. The van der Waals surface area contributed by atoms with Gasteiger partial charge in [0.1, 0.15) is 5.75 Å². The van der Waals surface area contributed by atoms with E-state index in [9.17, 15) is 9.59 Å². The second-order valence-electron chi connectivity index (χ2n) is 6.46. The summed E-state index contributed by atoms with van der Waals surface area (Å²) in [5.41, 5.74) is -1.17. The predicted molar refractivity (Wildman–Crippen MR) is 102 cm³/mol. The average molecular weight is 369 g/mol. The number of methoxy groups -OCH3 is 1. The minimum atomic E-state index is -1.69. The van der Waals surface area contributed by atoms with E-state index in [0.29, 0.717) is 29.5 Å². The zero-order valence-corrected chi connectivity index (χ0v) is 15.7. The van der Waals surface area contributed by atoms with Gasteiger partial charge >= 0.3 is 0 Å². The second kappa shape index (κ2) is 7.65. The van der Waals surface area contributed by atoms with E-state index >= 15 is 0 Å². The highest BCUT2D eigenvalue weighted by atomic mass is 16.5. The summed E-state index contributed by atoms with van der Waals surface area (Å²) in [5, 5.41) is 2.75. The Labute approximate surface area is 158 Å². The maximum Gasteiger partial charge on any atom is 0.282 e. The van der Waals surface area contributed by atoms with Gasteiger partial charge < -0.3 is 14.8 Å². The number of ether oxygens (including phenoxy) is 2. The van der Waals surface area contributed by atoms with Crippen LogP contribution >= 0.6 is 0 Å². The van der Waals surface area contributed by atoms with E-state index in [0.717, 1.165) is 12.8 Å². The number of hydrogen-bond donors (Lipinski definition) is 1. The van der Waals surface area contributed by atoms with E-state index in [2.05, 4.69) is 10.3 Å². The molecule has 0 bridgehead atoms. The van der Waals surface area contributed by atoms with Crippen LogP contribution in [0, 0.1) is 0 Å². The van der Waals surface area contributed by atoms with E-state index in [-0.39, 0.29) is 0 Å². The van der Waals surface area contributed by atoms with Gasteiger partial charge in [-0.15, -0.1) is 0 Å². The maximum atomic E-state index is 13.1. The van der Waals surface area contributed by atoms with Gasteiger partial charge in [-0.3, -0.25) is 14.5 Å². The zero-order valence-electron chi connectivity index (χ0n) is 15.7. The molecule has 0 saturated carbocycles. The Hall–Kier alpha value is -3.09. The lowest BCUT2D eigenvalue weighted by molar-refractivity contribution is -0.145. The van der Waals surface area contributed by atoms with Gasteiger partial charge in [-0.2, -0.15) is 0 Å². The number of carbonyl (C=O) groups is 2. The number of hydrogen-bond acceptors (Lipinski definition) is 5. The first-order valence-electron chi connectivity index (χ1n) is 8.91. The number of benzene rings is 1. The fraction of sp³-hybridized carbons (Fsp3) is 0.350. The lowest BCUT2D eigenvalue weighted by atomic mass is 10.0. The van der Waals surface area contributed by atoms with E-state index in [4.69, 9.17) is 9.47 Å². The van der Waals surface area contributed by atoms with Crippen LogP contribution in [0.5, 0.6) is 11.5 Å². The van der Waals surface area contributed by atoms with Gasteiger partial charge in [0.2, 0.25) is 0 Å². The average Bonchev–Trinajstić information content (AvgIpc) is 2.68. The van der Waals surface area contributed by atoms with Crippen LogP contribution in [-0.2, 0) is 9.59 Å².